The van der Waals surface area contributed by atoms with Crippen molar-refractivity contribution in [2.24, 2.45) is 5.41 Å². The van der Waals surface area contributed by atoms with Gasteiger partial charge < -0.3 is 24.5 Å². The van der Waals surface area contributed by atoms with Gasteiger partial charge >= 0.3 is 12.1 Å². The first-order valence-electron chi connectivity index (χ1n) is 17.9. The Balaban J connectivity index is 1.16. The summed E-state index contributed by atoms with van der Waals surface area (Å²) in [6.07, 6.45) is 0.995. The van der Waals surface area contributed by atoms with E-state index in [2.05, 4.69) is 11.4 Å². The minimum absolute atomic E-state index is 0.00443. The summed E-state index contributed by atoms with van der Waals surface area (Å²) < 4.78 is 28.4. The third kappa shape index (κ3) is 5.86. The summed E-state index contributed by atoms with van der Waals surface area (Å²) in [5.41, 5.74) is 3.74. The Bertz CT molecular complexity index is 2320. The van der Waals surface area contributed by atoms with E-state index >= 15 is 4.39 Å². The minimum Gasteiger partial charge on any atom is -0.458 e. The van der Waals surface area contributed by atoms with Crippen molar-refractivity contribution >= 4 is 49.7 Å². The topological polar surface area (TPSA) is 137 Å². The molecule has 2 aliphatic carbocycles. The highest BCUT2D eigenvalue weighted by Gasteiger charge is 2.46. The smallest absolute Gasteiger partial charge is 0.407 e. The maximum Gasteiger partial charge on any atom is 0.407 e. The highest BCUT2D eigenvalue weighted by Crippen LogP contribution is 2.46. The van der Waals surface area contributed by atoms with E-state index in [1.807, 2.05) is 39.0 Å². The summed E-state index contributed by atoms with van der Waals surface area (Å²) in [6.45, 7) is 8.91. The summed E-state index contributed by atoms with van der Waals surface area (Å²) in [5.74, 6) is -1.22. The highest BCUT2D eigenvalue weighted by molar-refractivity contribution is 8.82. The Kier molecular flexibility index (Phi) is 8.77. The Morgan fingerprint density at radius 3 is 2.58 bits per heavy atom. The second-order valence-corrected chi connectivity index (χ2v) is 17.8. The van der Waals surface area contributed by atoms with Gasteiger partial charge in [-0.05, 0) is 77.3 Å². The maximum absolute atomic E-state index is 15.4. The number of halogens is 1. The average Bonchev–Trinajstić information content (AvgIpc) is 3.49. The van der Waals surface area contributed by atoms with Gasteiger partial charge in [0, 0.05) is 34.4 Å². The maximum atomic E-state index is 15.4. The van der Waals surface area contributed by atoms with E-state index in [-0.39, 0.29) is 41.1 Å². The molecule has 2 N–H and O–H groups in total. The first kappa shape index (κ1) is 35.8. The molecule has 4 aliphatic rings. The molecule has 10 nitrogen and oxygen atoms in total. The van der Waals surface area contributed by atoms with E-state index in [1.165, 1.54) is 33.2 Å². The lowest BCUT2D eigenvalue weighted by Crippen LogP contribution is -2.44. The van der Waals surface area contributed by atoms with Crippen LogP contribution in [0.25, 0.3) is 22.3 Å². The van der Waals surface area contributed by atoms with Crippen LogP contribution in [-0.4, -0.2) is 43.2 Å². The molecule has 53 heavy (non-hydrogen) atoms. The minimum atomic E-state index is -1.99. The zero-order valence-corrected chi connectivity index (χ0v) is 31.8. The third-order valence-electron chi connectivity index (χ3n) is 11.2. The van der Waals surface area contributed by atoms with Gasteiger partial charge in [-0.2, -0.15) is 0 Å². The Morgan fingerprint density at radius 2 is 1.87 bits per heavy atom. The Morgan fingerprint density at radius 1 is 1.13 bits per heavy atom. The first-order valence-corrected chi connectivity index (χ1v) is 20.1. The summed E-state index contributed by atoms with van der Waals surface area (Å²) in [5, 5.41) is 15.1. The van der Waals surface area contributed by atoms with Crippen LogP contribution in [-0.2, 0) is 57.1 Å². The van der Waals surface area contributed by atoms with Crippen molar-refractivity contribution < 1.29 is 33.4 Å². The molecule has 0 bridgehead atoms. The molecule has 0 saturated carbocycles. The fraction of sp³-hybridized carbons (Fsp3) is 0.425. The number of hydrogen-bond acceptors (Lipinski definition) is 10. The number of hydrogen-bond donors (Lipinski definition) is 2. The number of aliphatic hydroxyl groups is 1. The van der Waals surface area contributed by atoms with Crippen LogP contribution < -0.4 is 10.9 Å². The van der Waals surface area contributed by atoms with Gasteiger partial charge in [-0.1, -0.05) is 62.8 Å². The van der Waals surface area contributed by atoms with Crippen molar-refractivity contribution in [1.82, 2.24) is 14.9 Å². The molecular formula is C40H40FN3O7S2. The van der Waals surface area contributed by atoms with Gasteiger partial charge in [0.2, 0.25) is 5.12 Å². The number of fused-ring (bicyclic) bond motifs is 6. The van der Waals surface area contributed by atoms with Crippen LogP contribution in [0.2, 0.25) is 0 Å². The number of carbonyl (C=O) groups is 3. The lowest BCUT2D eigenvalue weighted by Gasteiger charge is -2.33. The molecule has 13 heteroatoms. The largest absolute Gasteiger partial charge is 0.458 e. The zero-order chi connectivity index (χ0) is 37.6. The molecule has 4 atom stereocenters. The van der Waals surface area contributed by atoms with Crippen molar-refractivity contribution in [3.8, 4) is 11.4 Å². The van der Waals surface area contributed by atoms with Crippen LogP contribution >= 0.6 is 21.6 Å². The average molecular weight is 758 g/mol. The van der Waals surface area contributed by atoms with Gasteiger partial charge in [0.25, 0.3) is 5.56 Å². The van der Waals surface area contributed by atoms with Gasteiger partial charge in [-0.15, -0.1) is 0 Å². The van der Waals surface area contributed by atoms with Crippen molar-refractivity contribution in [1.29, 1.82) is 0 Å². The molecule has 0 unspecified atom stereocenters. The number of nitrogens with zero attached hydrogens (tertiary/aromatic N) is 2. The normalized spacial score (nSPS) is 22.7. The molecule has 2 aliphatic heterocycles. The zero-order valence-electron chi connectivity index (χ0n) is 30.1. The van der Waals surface area contributed by atoms with Crippen LogP contribution in [0.3, 0.4) is 0 Å². The molecule has 0 radical (unpaired) electrons. The van der Waals surface area contributed by atoms with Gasteiger partial charge in [0.05, 0.1) is 40.3 Å². The van der Waals surface area contributed by atoms with E-state index in [9.17, 15) is 24.3 Å². The summed E-state index contributed by atoms with van der Waals surface area (Å²) in [4.78, 5) is 58.4. The van der Waals surface area contributed by atoms with Crippen molar-refractivity contribution in [3.63, 3.8) is 0 Å². The van der Waals surface area contributed by atoms with Gasteiger partial charge in [0.1, 0.15) is 18.5 Å². The molecule has 2 aromatic carbocycles. The number of amides is 1. The fourth-order valence-electron chi connectivity index (χ4n) is 8.11. The second-order valence-electron chi connectivity index (χ2n) is 15.4. The van der Waals surface area contributed by atoms with Crippen molar-refractivity contribution in [2.45, 2.75) is 103 Å². The van der Waals surface area contributed by atoms with Crippen LogP contribution in [0.5, 0.6) is 0 Å². The standard InChI is InChI=1S/C40H40FN3O7S2/c1-6-40(49)25-15-29-34-23(17-44(29)35(45)24(25)18-50-36(40)46)33-27(12-11-22-19(2)26(41)16-28(42-34)32(22)33)43-38(48)51-30-13-20-9-7-8-10-21(20)14-31(30)52-53-37(47)39(3,4)5/h7-10,15-16,27,30-31,49H,6,11-14,17-18H2,1-5H3,(H,43,48)/t27-,30-,31-,40-/m0/s1. The number of alkyl carbamates (subject to hydrolysis) is 1. The van der Waals surface area contributed by atoms with E-state index in [0.29, 0.717) is 53.7 Å². The number of aromatic nitrogens is 2. The number of pyridine rings is 2. The number of nitrogens with one attached hydrogen (secondary N) is 1. The van der Waals surface area contributed by atoms with Gasteiger partial charge in [-0.25, -0.2) is 19.0 Å². The van der Waals surface area contributed by atoms with Crippen molar-refractivity contribution in [3.05, 3.63) is 97.1 Å². The van der Waals surface area contributed by atoms with Gasteiger partial charge in [-0.3, -0.25) is 9.59 Å². The van der Waals surface area contributed by atoms with E-state index in [4.69, 9.17) is 14.5 Å². The predicted octanol–water partition coefficient (Wildman–Crippen LogP) is 6.73. The number of carbonyl (C=O) groups excluding carboxylic acids is 3. The first-order chi connectivity index (χ1) is 25.2. The van der Waals surface area contributed by atoms with E-state index < -0.39 is 46.6 Å². The van der Waals surface area contributed by atoms with Crippen molar-refractivity contribution in [2.75, 3.05) is 0 Å². The van der Waals surface area contributed by atoms with Crippen LogP contribution in [0, 0.1) is 18.2 Å². The Hall–Kier alpha value is -4.20. The summed E-state index contributed by atoms with van der Waals surface area (Å²) in [6, 6.07) is 10.5. The molecule has 0 saturated heterocycles. The fourth-order valence-corrected chi connectivity index (χ4v) is 11.1. The molecule has 8 rings (SSSR count). The number of benzene rings is 2. The number of ether oxygens (including phenoxy) is 2. The Labute approximate surface area is 313 Å². The second kappa shape index (κ2) is 13.0. The summed E-state index contributed by atoms with van der Waals surface area (Å²) in [7, 11) is 2.64. The lowest BCUT2D eigenvalue weighted by molar-refractivity contribution is -0.172. The van der Waals surface area contributed by atoms with E-state index in [0.717, 1.165) is 22.1 Å². The van der Waals surface area contributed by atoms with Gasteiger partial charge in [0.15, 0.2) is 5.60 Å². The molecule has 0 fully saturated rings. The highest BCUT2D eigenvalue weighted by atomic mass is 33.1. The molecule has 1 amide bonds. The predicted molar refractivity (Wildman–Crippen MR) is 201 cm³/mol. The lowest BCUT2D eigenvalue weighted by atomic mass is 9.81. The number of esters is 1. The SMILES string of the molecule is CC[C@@]1(O)C(=O)OCc2c1cc1n(c2=O)Cc2c-1nc1cc(F)c(C)c3c1c2[C@@H](NC(=O)O[C@H]1Cc2ccccc2C[C@@H]1SSC(=O)C(C)(C)C)CC3. The van der Waals surface area contributed by atoms with Crippen LogP contribution in [0.1, 0.15) is 91.1 Å². The molecule has 2 aromatic heterocycles. The van der Waals surface area contributed by atoms with Crippen LogP contribution in [0.4, 0.5) is 9.18 Å². The molecule has 4 heterocycles. The quantitative estimate of drug-likeness (QED) is 0.147. The number of rotatable bonds is 5. The third-order valence-corrected chi connectivity index (χ3v) is 14.2. The monoisotopic (exact) mass is 757 g/mol. The molecule has 276 valence electrons. The molecule has 0 spiro atoms. The summed E-state index contributed by atoms with van der Waals surface area (Å²) >= 11 is 0. The van der Waals surface area contributed by atoms with Crippen LogP contribution in [0.15, 0.2) is 41.2 Å². The number of cyclic esters (lactones) is 1. The van der Waals surface area contributed by atoms with E-state index in [1.54, 1.807) is 24.5 Å². The molecular weight excluding hydrogens is 718 g/mol. The number of aryl methyl sites for hydroxylation is 1. The molecule has 4 aromatic rings.